The fourth-order valence-electron chi connectivity index (χ4n) is 4.16. The minimum absolute atomic E-state index is 0.0170. The van der Waals surface area contributed by atoms with Crippen LogP contribution < -0.4 is 5.32 Å². The van der Waals surface area contributed by atoms with Gasteiger partial charge in [-0.2, -0.15) is 5.10 Å². The van der Waals surface area contributed by atoms with Crippen LogP contribution in [-0.2, 0) is 20.8 Å². The molecule has 2 aliphatic heterocycles. The number of amides is 1. The van der Waals surface area contributed by atoms with Crippen molar-refractivity contribution in [3.05, 3.63) is 42.1 Å². The molecule has 1 aromatic heterocycles. The van der Waals surface area contributed by atoms with Crippen molar-refractivity contribution in [3.8, 4) is 11.3 Å². The Bertz CT molecular complexity index is 794. The van der Waals surface area contributed by atoms with Crippen molar-refractivity contribution in [1.82, 2.24) is 20.4 Å². The largest absolute Gasteiger partial charge is 0.377 e. The SMILES string of the molecule is CC(=O)NC[C@H]1CC[C@@]2(COCCN(Cc3cn[nH]c3-c3ccccc3)C2)O1. The summed E-state index contributed by atoms with van der Waals surface area (Å²) in [5.74, 6) is -0.0170. The average Bonchev–Trinajstić information content (AvgIpc) is 3.26. The lowest BCUT2D eigenvalue weighted by Crippen LogP contribution is -2.45. The van der Waals surface area contributed by atoms with E-state index >= 15 is 0 Å². The van der Waals surface area contributed by atoms with E-state index < -0.39 is 0 Å². The van der Waals surface area contributed by atoms with Crippen LogP contribution >= 0.6 is 0 Å². The number of nitrogens with zero attached hydrogens (tertiary/aromatic N) is 2. The summed E-state index contributed by atoms with van der Waals surface area (Å²) < 4.78 is 12.3. The highest BCUT2D eigenvalue weighted by Gasteiger charge is 2.43. The molecular weight excluding hydrogens is 356 g/mol. The zero-order valence-electron chi connectivity index (χ0n) is 16.3. The Labute approximate surface area is 165 Å². The molecule has 0 radical (unpaired) electrons. The summed E-state index contributed by atoms with van der Waals surface area (Å²) in [6, 6.07) is 10.3. The van der Waals surface area contributed by atoms with Gasteiger partial charge in [0.2, 0.25) is 5.91 Å². The molecular formula is C21H28N4O3. The Balaban J connectivity index is 1.44. The third-order valence-electron chi connectivity index (χ3n) is 5.52. The molecule has 2 fully saturated rings. The van der Waals surface area contributed by atoms with Gasteiger partial charge in [-0.05, 0) is 18.4 Å². The summed E-state index contributed by atoms with van der Waals surface area (Å²) in [5.41, 5.74) is 3.09. The molecule has 7 heteroatoms. The number of H-pyrrole nitrogens is 1. The Hall–Kier alpha value is -2.22. The van der Waals surface area contributed by atoms with Crippen molar-refractivity contribution < 1.29 is 14.3 Å². The van der Waals surface area contributed by atoms with Crippen LogP contribution in [0.2, 0.25) is 0 Å². The minimum atomic E-state index is -0.295. The second kappa shape index (κ2) is 8.43. The Kier molecular flexibility index (Phi) is 5.75. The molecule has 150 valence electrons. The molecule has 1 aromatic carbocycles. The predicted molar refractivity (Wildman–Crippen MR) is 106 cm³/mol. The van der Waals surface area contributed by atoms with Crippen LogP contribution in [0.4, 0.5) is 0 Å². The third kappa shape index (κ3) is 4.43. The van der Waals surface area contributed by atoms with Crippen LogP contribution in [0.5, 0.6) is 0 Å². The summed E-state index contributed by atoms with van der Waals surface area (Å²) in [4.78, 5) is 13.6. The zero-order valence-corrected chi connectivity index (χ0v) is 16.3. The van der Waals surface area contributed by atoms with Crippen molar-refractivity contribution >= 4 is 5.91 Å². The van der Waals surface area contributed by atoms with Crippen LogP contribution in [0.3, 0.4) is 0 Å². The van der Waals surface area contributed by atoms with E-state index in [0.717, 1.165) is 43.7 Å². The van der Waals surface area contributed by atoms with Gasteiger partial charge in [-0.1, -0.05) is 30.3 Å². The maximum Gasteiger partial charge on any atom is 0.216 e. The number of ether oxygens (including phenoxy) is 2. The number of carbonyl (C=O) groups is 1. The van der Waals surface area contributed by atoms with Gasteiger partial charge < -0.3 is 14.8 Å². The molecule has 2 N–H and O–H groups in total. The van der Waals surface area contributed by atoms with E-state index in [-0.39, 0.29) is 17.6 Å². The van der Waals surface area contributed by atoms with Gasteiger partial charge in [-0.3, -0.25) is 14.8 Å². The molecule has 0 unspecified atom stereocenters. The van der Waals surface area contributed by atoms with Crippen LogP contribution in [-0.4, -0.2) is 65.6 Å². The second-order valence-corrected chi connectivity index (χ2v) is 7.80. The first kappa shape index (κ1) is 19.1. The normalized spacial score (nSPS) is 25.7. The lowest BCUT2D eigenvalue weighted by Gasteiger charge is -2.32. The monoisotopic (exact) mass is 384 g/mol. The molecule has 0 aliphatic carbocycles. The molecule has 0 bridgehead atoms. The number of hydrogen-bond acceptors (Lipinski definition) is 5. The van der Waals surface area contributed by atoms with Crippen molar-refractivity contribution in [3.63, 3.8) is 0 Å². The van der Waals surface area contributed by atoms with Crippen LogP contribution in [0.1, 0.15) is 25.3 Å². The molecule has 3 heterocycles. The second-order valence-electron chi connectivity index (χ2n) is 7.80. The van der Waals surface area contributed by atoms with E-state index in [1.54, 1.807) is 0 Å². The van der Waals surface area contributed by atoms with E-state index in [4.69, 9.17) is 9.47 Å². The maximum absolute atomic E-state index is 11.2. The Morgan fingerprint density at radius 3 is 3.07 bits per heavy atom. The Morgan fingerprint density at radius 1 is 1.39 bits per heavy atom. The summed E-state index contributed by atoms with van der Waals surface area (Å²) in [5, 5.41) is 10.3. The van der Waals surface area contributed by atoms with Crippen LogP contribution in [0, 0.1) is 0 Å². The minimum Gasteiger partial charge on any atom is -0.377 e. The summed E-state index contributed by atoms with van der Waals surface area (Å²) in [6.07, 6.45) is 3.86. The molecule has 7 nitrogen and oxygen atoms in total. The van der Waals surface area contributed by atoms with Gasteiger partial charge in [-0.25, -0.2) is 0 Å². The Morgan fingerprint density at radius 2 is 2.25 bits per heavy atom. The molecule has 2 aromatic rings. The van der Waals surface area contributed by atoms with E-state index in [9.17, 15) is 4.79 Å². The highest BCUT2D eigenvalue weighted by molar-refractivity contribution is 5.72. The number of benzene rings is 1. The molecule has 2 atom stereocenters. The topological polar surface area (TPSA) is 79.5 Å². The maximum atomic E-state index is 11.2. The third-order valence-corrected chi connectivity index (χ3v) is 5.52. The molecule has 1 amide bonds. The van der Waals surface area contributed by atoms with Gasteiger partial charge in [0.15, 0.2) is 0 Å². The fourth-order valence-corrected chi connectivity index (χ4v) is 4.16. The first-order valence-electron chi connectivity index (χ1n) is 9.94. The smallest absolute Gasteiger partial charge is 0.216 e. The number of carbonyl (C=O) groups excluding carboxylic acids is 1. The molecule has 28 heavy (non-hydrogen) atoms. The van der Waals surface area contributed by atoms with E-state index in [0.29, 0.717) is 19.8 Å². The number of nitrogens with one attached hydrogen (secondary N) is 2. The van der Waals surface area contributed by atoms with Crippen molar-refractivity contribution in [1.29, 1.82) is 0 Å². The highest BCUT2D eigenvalue weighted by Crippen LogP contribution is 2.33. The van der Waals surface area contributed by atoms with E-state index in [2.05, 4.69) is 32.5 Å². The summed E-state index contributed by atoms with van der Waals surface area (Å²) >= 11 is 0. The van der Waals surface area contributed by atoms with Crippen LogP contribution in [0.15, 0.2) is 36.5 Å². The summed E-state index contributed by atoms with van der Waals surface area (Å²) in [7, 11) is 0. The molecule has 1 spiro atoms. The number of aromatic amines is 1. The van der Waals surface area contributed by atoms with Crippen molar-refractivity contribution in [2.24, 2.45) is 0 Å². The first-order chi connectivity index (χ1) is 13.6. The predicted octanol–water partition coefficient (Wildman–Crippen LogP) is 1.96. The van der Waals surface area contributed by atoms with E-state index in [1.807, 2.05) is 24.4 Å². The highest BCUT2D eigenvalue weighted by atomic mass is 16.6. The van der Waals surface area contributed by atoms with Gasteiger partial charge in [-0.15, -0.1) is 0 Å². The lowest BCUT2D eigenvalue weighted by molar-refractivity contribution is -0.121. The zero-order chi connectivity index (χ0) is 19.4. The standard InChI is InChI=1S/C21H28N4O3/c1-16(26)22-12-19-7-8-21(28-19)14-25(9-10-27-15-21)13-18-11-23-24-20(18)17-5-3-2-4-6-17/h2-6,11,19H,7-10,12-15H2,1H3,(H,22,26)(H,23,24)/t19-,21-/m1/s1. The van der Waals surface area contributed by atoms with Gasteiger partial charge in [0.05, 0.1) is 31.2 Å². The quantitative estimate of drug-likeness (QED) is 0.824. The molecule has 2 aliphatic rings. The first-order valence-corrected chi connectivity index (χ1v) is 9.94. The van der Waals surface area contributed by atoms with E-state index in [1.165, 1.54) is 12.5 Å². The lowest BCUT2D eigenvalue weighted by atomic mass is 9.99. The van der Waals surface area contributed by atoms with Crippen molar-refractivity contribution in [2.45, 2.75) is 38.0 Å². The van der Waals surface area contributed by atoms with Gasteiger partial charge in [0.1, 0.15) is 5.60 Å². The number of hydrogen-bond donors (Lipinski definition) is 2. The molecule has 4 rings (SSSR count). The average molecular weight is 384 g/mol. The number of aromatic nitrogens is 2. The molecule has 0 saturated carbocycles. The summed E-state index contributed by atoms with van der Waals surface area (Å²) in [6.45, 7) is 5.89. The van der Waals surface area contributed by atoms with Gasteiger partial charge >= 0.3 is 0 Å². The fraction of sp³-hybridized carbons (Fsp3) is 0.524. The number of rotatable bonds is 5. The van der Waals surface area contributed by atoms with Gasteiger partial charge in [0, 0.05) is 38.7 Å². The van der Waals surface area contributed by atoms with Crippen molar-refractivity contribution in [2.75, 3.05) is 32.8 Å². The molecule has 2 saturated heterocycles. The van der Waals surface area contributed by atoms with Gasteiger partial charge in [0.25, 0.3) is 0 Å². The van der Waals surface area contributed by atoms with Crippen LogP contribution in [0.25, 0.3) is 11.3 Å².